The Morgan fingerprint density at radius 3 is 2.63 bits per heavy atom. The van der Waals surface area contributed by atoms with Crippen molar-refractivity contribution in [3.05, 3.63) is 29.8 Å². The first-order valence-electron chi connectivity index (χ1n) is 6.78. The Bertz CT molecular complexity index is 356. The molecule has 0 unspecified atom stereocenters. The van der Waals surface area contributed by atoms with Crippen molar-refractivity contribution in [2.24, 2.45) is 0 Å². The summed E-state index contributed by atoms with van der Waals surface area (Å²) in [7, 11) is 1.68. The van der Waals surface area contributed by atoms with E-state index in [-0.39, 0.29) is 0 Å². The van der Waals surface area contributed by atoms with E-state index < -0.39 is 0 Å². The summed E-state index contributed by atoms with van der Waals surface area (Å²) < 4.78 is 10.5. The Labute approximate surface area is 116 Å². The summed E-state index contributed by atoms with van der Waals surface area (Å²) in [5.74, 6) is 0. The summed E-state index contributed by atoms with van der Waals surface area (Å²) in [6.07, 6.45) is 0. The van der Waals surface area contributed by atoms with Crippen molar-refractivity contribution >= 4 is 5.69 Å². The molecule has 0 aliphatic heterocycles. The van der Waals surface area contributed by atoms with Crippen LogP contribution < -0.4 is 5.73 Å². The molecule has 0 bridgehead atoms. The van der Waals surface area contributed by atoms with E-state index in [9.17, 15) is 0 Å². The number of hydrogen-bond acceptors (Lipinski definition) is 4. The maximum atomic E-state index is 5.81. The number of nitrogens with two attached hydrogens (primary N) is 1. The highest BCUT2D eigenvalue weighted by atomic mass is 16.5. The minimum atomic E-state index is 0.479. The van der Waals surface area contributed by atoms with Crippen LogP contribution in [0, 0.1) is 0 Å². The molecule has 0 aliphatic carbocycles. The van der Waals surface area contributed by atoms with Crippen LogP contribution in [0.15, 0.2) is 24.3 Å². The van der Waals surface area contributed by atoms with Gasteiger partial charge in [0.2, 0.25) is 0 Å². The van der Waals surface area contributed by atoms with E-state index in [1.807, 2.05) is 18.2 Å². The predicted octanol–water partition coefficient (Wildman–Crippen LogP) is 2.14. The number of rotatable bonds is 9. The number of hydrogen-bond donors (Lipinski definition) is 1. The summed E-state index contributed by atoms with van der Waals surface area (Å²) >= 11 is 0. The molecular formula is C15H26N2O2. The average molecular weight is 266 g/mol. The number of nitrogen functional groups attached to an aromatic ring is 1. The molecule has 19 heavy (non-hydrogen) atoms. The van der Waals surface area contributed by atoms with Gasteiger partial charge in [0, 0.05) is 31.9 Å². The molecule has 0 atom stereocenters. The van der Waals surface area contributed by atoms with E-state index in [1.165, 1.54) is 5.56 Å². The molecule has 1 aromatic rings. The van der Waals surface area contributed by atoms with Crippen LogP contribution in [0.3, 0.4) is 0 Å². The van der Waals surface area contributed by atoms with E-state index in [0.717, 1.165) is 25.4 Å². The highest BCUT2D eigenvalue weighted by Crippen LogP contribution is 2.11. The lowest BCUT2D eigenvalue weighted by Gasteiger charge is -2.26. The summed E-state index contributed by atoms with van der Waals surface area (Å²) in [6.45, 7) is 8.23. The second kappa shape index (κ2) is 8.91. The summed E-state index contributed by atoms with van der Waals surface area (Å²) in [5, 5.41) is 0. The van der Waals surface area contributed by atoms with Gasteiger partial charge in [0.05, 0.1) is 19.8 Å². The first kappa shape index (κ1) is 16.0. The minimum absolute atomic E-state index is 0.479. The Balaban J connectivity index is 2.40. The van der Waals surface area contributed by atoms with Gasteiger partial charge in [-0.05, 0) is 31.5 Å². The van der Waals surface area contributed by atoms with E-state index in [0.29, 0.717) is 19.3 Å². The molecule has 2 N–H and O–H groups in total. The quantitative estimate of drug-likeness (QED) is 0.549. The predicted molar refractivity (Wildman–Crippen MR) is 79.1 cm³/mol. The highest BCUT2D eigenvalue weighted by molar-refractivity contribution is 5.40. The molecule has 1 rings (SSSR count). The second-order valence-corrected chi connectivity index (χ2v) is 4.91. The lowest BCUT2D eigenvalue weighted by molar-refractivity contribution is 0.0506. The van der Waals surface area contributed by atoms with Crippen LogP contribution in [-0.4, -0.2) is 44.4 Å². The van der Waals surface area contributed by atoms with Crippen molar-refractivity contribution in [1.29, 1.82) is 0 Å². The molecule has 0 saturated heterocycles. The van der Waals surface area contributed by atoms with Crippen molar-refractivity contribution in [3.8, 4) is 0 Å². The average Bonchev–Trinajstić information content (AvgIpc) is 2.37. The van der Waals surface area contributed by atoms with Gasteiger partial charge in [-0.3, -0.25) is 4.90 Å². The van der Waals surface area contributed by atoms with Crippen LogP contribution in [0.1, 0.15) is 19.4 Å². The van der Waals surface area contributed by atoms with Crippen molar-refractivity contribution in [3.63, 3.8) is 0 Å². The van der Waals surface area contributed by atoms with Gasteiger partial charge < -0.3 is 15.2 Å². The lowest BCUT2D eigenvalue weighted by atomic mass is 10.1. The molecule has 0 spiro atoms. The Hall–Kier alpha value is -1.10. The van der Waals surface area contributed by atoms with Crippen LogP contribution in [0.2, 0.25) is 0 Å². The number of methoxy groups -OCH3 is 1. The van der Waals surface area contributed by atoms with E-state index in [2.05, 4.69) is 24.8 Å². The monoisotopic (exact) mass is 266 g/mol. The zero-order valence-corrected chi connectivity index (χ0v) is 12.3. The van der Waals surface area contributed by atoms with Gasteiger partial charge in [0.1, 0.15) is 0 Å². The van der Waals surface area contributed by atoms with Gasteiger partial charge in [0.25, 0.3) is 0 Å². The van der Waals surface area contributed by atoms with E-state index in [4.69, 9.17) is 15.2 Å². The molecule has 0 aromatic heterocycles. The molecular weight excluding hydrogens is 240 g/mol. The largest absolute Gasteiger partial charge is 0.399 e. The maximum Gasteiger partial charge on any atom is 0.0700 e. The third-order valence-electron chi connectivity index (χ3n) is 3.02. The number of anilines is 1. The van der Waals surface area contributed by atoms with Gasteiger partial charge in [-0.25, -0.2) is 0 Å². The summed E-state index contributed by atoms with van der Waals surface area (Å²) in [6, 6.07) is 8.53. The molecule has 0 saturated carbocycles. The van der Waals surface area contributed by atoms with E-state index >= 15 is 0 Å². The van der Waals surface area contributed by atoms with Gasteiger partial charge in [-0.1, -0.05) is 12.1 Å². The first-order valence-corrected chi connectivity index (χ1v) is 6.78. The van der Waals surface area contributed by atoms with Gasteiger partial charge in [-0.15, -0.1) is 0 Å². The molecule has 0 aliphatic rings. The van der Waals surface area contributed by atoms with Crippen LogP contribution in [0.5, 0.6) is 0 Å². The standard InChI is InChI=1S/C15H26N2O2/c1-13(2)17(7-8-19-10-9-18-3)12-14-5-4-6-15(16)11-14/h4-6,11,13H,7-10,12,16H2,1-3H3. The van der Waals surface area contributed by atoms with Crippen molar-refractivity contribution < 1.29 is 9.47 Å². The fourth-order valence-corrected chi connectivity index (χ4v) is 1.87. The van der Waals surface area contributed by atoms with E-state index in [1.54, 1.807) is 7.11 Å². The molecule has 1 aromatic carbocycles. The van der Waals surface area contributed by atoms with Crippen LogP contribution >= 0.6 is 0 Å². The Kier molecular flexibility index (Phi) is 7.48. The van der Waals surface area contributed by atoms with Gasteiger partial charge >= 0.3 is 0 Å². The topological polar surface area (TPSA) is 47.7 Å². The highest BCUT2D eigenvalue weighted by Gasteiger charge is 2.10. The molecule has 4 heteroatoms. The van der Waals surface area contributed by atoms with Crippen molar-refractivity contribution in [1.82, 2.24) is 4.90 Å². The minimum Gasteiger partial charge on any atom is -0.399 e. The molecule has 4 nitrogen and oxygen atoms in total. The van der Waals surface area contributed by atoms with Crippen LogP contribution in [0.25, 0.3) is 0 Å². The maximum absolute atomic E-state index is 5.81. The fourth-order valence-electron chi connectivity index (χ4n) is 1.87. The number of ether oxygens (including phenoxy) is 2. The van der Waals surface area contributed by atoms with Gasteiger partial charge in [-0.2, -0.15) is 0 Å². The molecule has 0 radical (unpaired) electrons. The van der Waals surface area contributed by atoms with Crippen molar-refractivity contribution in [2.75, 3.05) is 39.2 Å². The van der Waals surface area contributed by atoms with Crippen LogP contribution in [-0.2, 0) is 16.0 Å². The molecule has 0 fully saturated rings. The van der Waals surface area contributed by atoms with Crippen molar-refractivity contribution in [2.45, 2.75) is 26.4 Å². The summed E-state index contributed by atoms with van der Waals surface area (Å²) in [5.41, 5.74) is 7.87. The number of nitrogens with zero attached hydrogens (tertiary/aromatic N) is 1. The molecule has 108 valence electrons. The van der Waals surface area contributed by atoms with Gasteiger partial charge in [0.15, 0.2) is 0 Å². The first-order chi connectivity index (χ1) is 9.13. The smallest absolute Gasteiger partial charge is 0.0700 e. The summed E-state index contributed by atoms with van der Waals surface area (Å²) in [4.78, 5) is 2.38. The Morgan fingerprint density at radius 1 is 1.21 bits per heavy atom. The SMILES string of the molecule is COCCOCCN(Cc1cccc(N)c1)C(C)C. The Morgan fingerprint density at radius 2 is 2.00 bits per heavy atom. The molecule has 0 amide bonds. The third kappa shape index (κ3) is 6.57. The van der Waals surface area contributed by atoms with Crippen LogP contribution in [0.4, 0.5) is 5.69 Å². The fraction of sp³-hybridized carbons (Fsp3) is 0.600. The third-order valence-corrected chi connectivity index (χ3v) is 3.02. The normalized spacial score (nSPS) is 11.4. The zero-order chi connectivity index (χ0) is 14.1. The molecule has 0 heterocycles. The zero-order valence-electron chi connectivity index (χ0n) is 12.3. The lowest BCUT2D eigenvalue weighted by Crippen LogP contribution is -2.33. The number of benzene rings is 1. The second-order valence-electron chi connectivity index (χ2n) is 4.91.